The van der Waals surface area contributed by atoms with Crippen LogP contribution >= 0.6 is 21.0 Å². The average Bonchev–Trinajstić information content (AvgIpc) is 2.60. The Morgan fingerprint density at radius 2 is 1.42 bits per heavy atom. The van der Waals surface area contributed by atoms with Gasteiger partial charge in [0.25, 0.3) is 0 Å². The third kappa shape index (κ3) is 2.13. The molecule has 0 aromatic carbocycles. The minimum atomic E-state index is 0. The fraction of sp³-hybridized carbons (Fsp3) is 0. The Balaban J connectivity index is 0.000000720. The lowest BCUT2D eigenvalue weighted by Gasteiger charge is -1.91. The van der Waals surface area contributed by atoms with E-state index >= 15 is 0 Å². The van der Waals surface area contributed by atoms with Crippen LogP contribution in [-0.2, 0) is 0 Å². The van der Waals surface area contributed by atoms with E-state index in [1.165, 1.54) is 19.5 Å². The van der Waals surface area contributed by atoms with E-state index in [-0.39, 0.29) is 12.4 Å². The highest BCUT2D eigenvalue weighted by molar-refractivity contribution is 7.54. The third-order valence-electron chi connectivity index (χ3n) is 1.40. The van der Waals surface area contributed by atoms with Crippen molar-refractivity contribution < 1.29 is 0 Å². The Morgan fingerprint density at radius 1 is 0.917 bits per heavy atom. The molecule has 0 atom stereocenters. The van der Waals surface area contributed by atoms with Gasteiger partial charge >= 0.3 is 0 Å². The van der Waals surface area contributed by atoms with Gasteiger partial charge in [-0.1, -0.05) is 0 Å². The maximum Gasteiger partial charge on any atom is 0.0496 e. The predicted molar refractivity (Wildman–Crippen MR) is 55.0 cm³/mol. The first kappa shape index (κ1) is 9.37. The van der Waals surface area contributed by atoms with E-state index in [1.807, 2.05) is 24.5 Å². The standard InChI is InChI=1S/C8H8N2P.ClH/c1-3-7(9-5-1)11-8-4-2-6-10-8;/h1-6,9-10H;1H. The molecule has 2 aromatic heterocycles. The zero-order chi connectivity index (χ0) is 7.52. The molecule has 0 spiro atoms. The van der Waals surface area contributed by atoms with Crippen LogP contribution in [-0.4, -0.2) is 9.97 Å². The molecule has 2 heterocycles. The van der Waals surface area contributed by atoms with Crippen molar-refractivity contribution in [1.82, 2.24) is 9.97 Å². The van der Waals surface area contributed by atoms with Gasteiger partial charge in [0.15, 0.2) is 0 Å². The van der Waals surface area contributed by atoms with Gasteiger partial charge in [-0.3, -0.25) is 0 Å². The molecule has 0 aliphatic heterocycles. The molecule has 2 nitrogen and oxygen atoms in total. The van der Waals surface area contributed by atoms with E-state index in [4.69, 9.17) is 0 Å². The van der Waals surface area contributed by atoms with Crippen molar-refractivity contribution in [3.63, 3.8) is 0 Å². The minimum Gasteiger partial charge on any atom is -0.361 e. The second kappa shape index (κ2) is 4.34. The van der Waals surface area contributed by atoms with Gasteiger partial charge in [0.2, 0.25) is 0 Å². The van der Waals surface area contributed by atoms with Gasteiger partial charge in [0.1, 0.15) is 0 Å². The lowest BCUT2D eigenvalue weighted by molar-refractivity contribution is 1.46. The van der Waals surface area contributed by atoms with Crippen LogP contribution < -0.4 is 10.9 Å². The molecular weight excluding hydrogens is 191 g/mol. The molecule has 63 valence electrons. The first-order chi connectivity index (χ1) is 5.45. The molecule has 0 bridgehead atoms. The SMILES string of the molecule is Cl.c1c[nH]c([P]c2ccc[nH]2)c1. The van der Waals surface area contributed by atoms with Crippen LogP contribution in [0, 0.1) is 0 Å². The van der Waals surface area contributed by atoms with Crippen LogP contribution in [0.3, 0.4) is 0 Å². The predicted octanol–water partition coefficient (Wildman–Crippen LogP) is 1.66. The molecular formula is C8H9ClN2P. The Kier molecular flexibility index (Phi) is 3.39. The zero-order valence-electron chi connectivity index (χ0n) is 6.32. The number of hydrogen-bond donors (Lipinski definition) is 2. The van der Waals surface area contributed by atoms with Crippen molar-refractivity contribution in [2.45, 2.75) is 0 Å². The zero-order valence-corrected chi connectivity index (χ0v) is 8.03. The van der Waals surface area contributed by atoms with Crippen molar-refractivity contribution >= 4 is 31.9 Å². The van der Waals surface area contributed by atoms with Gasteiger partial charge in [-0.2, -0.15) is 0 Å². The first-order valence-corrected chi connectivity index (χ1v) is 4.33. The number of halogens is 1. The van der Waals surface area contributed by atoms with E-state index in [9.17, 15) is 0 Å². The van der Waals surface area contributed by atoms with Gasteiger partial charge < -0.3 is 9.97 Å². The fourth-order valence-corrected chi connectivity index (χ4v) is 1.77. The Hall–Kier alpha value is -0.720. The lowest BCUT2D eigenvalue weighted by Crippen LogP contribution is -2.03. The Morgan fingerprint density at radius 3 is 1.75 bits per heavy atom. The van der Waals surface area contributed by atoms with E-state index in [1.54, 1.807) is 0 Å². The molecule has 0 aliphatic rings. The van der Waals surface area contributed by atoms with E-state index in [2.05, 4.69) is 22.1 Å². The van der Waals surface area contributed by atoms with E-state index in [0.29, 0.717) is 0 Å². The topological polar surface area (TPSA) is 31.6 Å². The molecule has 2 aromatic rings. The van der Waals surface area contributed by atoms with Crippen LogP contribution in [0.2, 0.25) is 0 Å². The fourth-order valence-electron chi connectivity index (χ4n) is 0.911. The van der Waals surface area contributed by atoms with Gasteiger partial charge in [0.05, 0.1) is 0 Å². The summed E-state index contributed by atoms with van der Waals surface area (Å²) in [5, 5.41) is 0. The van der Waals surface area contributed by atoms with Gasteiger partial charge in [0, 0.05) is 31.8 Å². The van der Waals surface area contributed by atoms with Crippen molar-refractivity contribution in [3.05, 3.63) is 36.7 Å². The van der Waals surface area contributed by atoms with Gasteiger partial charge in [-0.05, 0) is 24.3 Å². The van der Waals surface area contributed by atoms with Crippen LogP contribution in [0.15, 0.2) is 36.7 Å². The lowest BCUT2D eigenvalue weighted by atomic mass is 10.7. The van der Waals surface area contributed by atoms with E-state index in [0.717, 1.165) is 0 Å². The van der Waals surface area contributed by atoms with Gasteiger partial charge in [-0.25, -0.2) is 0 Å². The average molecular weight is 200 g/mol. The summed E-state index contributed by atoms with van der Waals surface area (Å²) in [7, 11) is 1.20. The highest BCUT2D eigenvalue weighted by Gasteiger charge is 1.95. The smallest absolute Gasteiger partial charge is 0.0496 e. The van der Waals surface area contributed by atoms with Crippen molar-refractivity contribution in [1.29, 1.82) is 0 Å². The summed E-state index contributed by atoms with van der Waals surface area (Å²) in [5.41, 5.74) is 2.43. The molecule has 2 rings (SSSR count). The largest absolute Gasteiger partial charge is 0.361 e. The molecule has 1 radical (unpaired) electrons. The monoisotopic (exact) mass is 199 g/mol. The molecule has 4 heteroatoms. The van der Waals surface area contributed by atoms with Crippen LogP contribution in [0.5, 0.6) is 0 Å². The molecule has 0 aliphatic carbocycles. The number of rotatable bonds is 2. The molecule has 0 unspecified atom stereocenters. The first-order valence-electron chi connectivity index (χ1n) is 3.44. The molecule has 0 saturated carbocycles. The summed E-state index contributed by atoms with van der Waals surface area (Å²) in [4.78, 5) is 6.29. The summed E-state index contributed by atoms with van der Waals surface area (Å²) >= 11 is 0. The van der Waals surface area contributed by atoms with Crippen molar-refractivity contribution in [2.75, 3.05) is 0 Å². The highest BCUT2D eigenvalue weighted by Crippen LogP contribution is 2.05. The normalized spacial score (nSPS) is 9.33. The molecule has 0 amide bonds. The molecule has 12 heavy (non-hydrogen) atoms. The van der Waals surface area contributed by atoms with E-state index < -0.39 is 0 Å². The number of aromatic amines is 2. The number of H-pyrrole nitrogens is 2. The Bertz CT molecular complexity index is 269. The maximum absolute atomic E-state index is 3.14. The van der Waals surface area contributed by atoms with Gasteiger partial charge in [-0.15, -0.1) is 12.4 Å². The highest BCUT2D eigenvalue weighted by atomic mass is 35.5. The van der Waals surface area contributed by atoms with Crippen LogP contribution in [0.4, 0.5) is 0 Å². The van der Waals surface area contributed by atoms with Crippen LogP contribution in [0.1, 0.15) is 0 Å². The number of nitrogens with one attached hydrogen (secondary N) is 2. The second-order valence-corrected chi connectivity index (χ2v) is 3.41. The quantitative estimate of drug-likeness (QED) is 0.690. The maximum atomic E-state index is 3.14. The minimum absolute atomic E-state index is 0. The summed E-state index contributed by atoms with van der Waals surface area (Å²) in [6.45, 7) is 0. The molecule has 2 N–H and O–H groups in total. The summed E-state index contributed by atoms with van der Waals surface area (Å²) in [6, 6.07) is 8.15. The molecule has 0 saturated heterocycles. The van der Waals surface area contributed by atoms with Crippen molar-refractivity contribution in [2.24, 2.45) is 0 Å². The third-order valence-corrected chi connectivity index (χ3v) is 2.44. The summed E-state index contributed by atoms with van der Waals surface area (Å²) in [5.74, 6) is 0. The summed E-state index contributed by atoms with van der Waals surface area (Å²) < 4.78 is 0. The summed E-state index contributed by atoms with van der Waals surface area (Å²) in [6.07, 6.45) is 3.87. The number of hydrogen-bond acceptors (Lipinski definition) is 0. The van der Waals surface area contributed by atoms with Crippen LogP contribution in [0.25, 0.3) is 0 Å². The second-order valence-electron chi connectivity index (χ2n) is 2.22. The van der Waals surface area contributed by atoms with Crippen molar-refractivity contribution in [3.8, 4) is 0 Å². The molecule has 0 fully saturated rings. The number of aromatic nitrogens is 2. The Labute approximate surface area is 79.0 Å².